The first-order valence-electron chi connectivity index (χ1n) is 5.25. The number of aromatic nitrogens is 1. The minimum atomic E-state index is -0.0357. The van der Waals surface area contributed by atoms with Crippen LogP contribution in [-0.2, 0) is 0 Å². The number of hydrogen-bond acceptors (Lipinski definition) is 2. The van der Waals surface area contributed by atoms with E-state index < -0.39 is 0 Å². The van der Waals surface area contributed by atoms with Crippen molar-refractivity contribution in [1.82, 2.24) is 4.98 Å². The molecule has 0 aliphatic heterocycles. The van der Waals surface area contributed by atoms with E-state index in [2.05, 4.69) is 11.1 Å². The van der Waals surface area contributed by atoms with E-state index in [0.717, 1.165) is 5.52 Å². The molecule has 17 heavy (non-hydrogen) atoms. The zero-order chi connectivity index (χ0) is 11.8. The molecule has 0 spiro atoms. The average Bonchev–Trinajstić information content (AvgIpc) is 2.38. The molecule has 0 aliphatic rings. The highest BCUT2D eigenvalue weighted by molar-refractivity contribution is 5.94. The molecule has 0 fully saturated rings. The predicted octanol–water partition coefficient (Wildman–Crippen LogP) is 2.55. The summed E-state index contributed by atoms with van der Waals surface area (Å²) in [5, 5.41) is 10.2. The fourth-order valence-corrected chi connectivity index (χ4v) is 2.04. The Bertz CT molecular complexity index is 825. The van der Waals surface area contributed by atoms with Crippen LogP contribution in [0.1, 0.15) is 5.56 Å². The minimum absolute atomic E-state index is 0.0357. The smallest absolute Gasteiger partial charge is 0.197 e. The van der Waals surface area contributed by atoms with Gasteiger partial charge in [0.2, 0.25) is 0 Å². The molecule has 0 bridgehead atoms. The molecular formula is C14H8N2O. The Balaban J connectivity index is 2.65. The third-order valence-corrected chi connectivity index (χ3v) is 2.86. The molecule has 80 valence electrons. The van der Waals surface area contributed by atoms with E-state index in [0.29, 0.717) is 21.9 Å². The molecule has 0 aliphatic carbocycles. The average molecular weight is 220 g/mol. The molecule has 1 aromatic heterocycles. The van der Waals surface area contributed by atoms with Crippen LogP contribution in [0.5, 0.6) is 0 Å². The number of nitrogens with zero attached hydrogens (tertiary/aromatic N) is 1. The van der Waals surface area contributed by atoms with Crippen molar-refractivity contribution in [2.24, 2.45) is 0 Å². The van der Waals surface area contributed by atoms with E-state index in [1.165, 1.54) is 0 Å². The van der Waals surface area contributed by atoms with Gasteiger partial charge >= 0.3 is 0 Å². The van der Waals surface area contributed by atoms with E-state index in [1.807, 2.05) is 18.2 Å². The number of nitrogens with one attached hydrogen (secondary N) is 1. The summed E-state index contributed by atoms with van der Waals surface area (Å²) in [4.78, 5) is 15.4. The lowest BCUT2D eigenvalue weighted by atomic mass is 10.1. The molecule has 0 radical (unpaired) electrons. The first-order chi connectivity index (χ1) is 8.31. The Morgan fingerprint density at radius 1 is 1.00 bits per heavy atom. The van der Waals surface area contributed by atoms with Crippen LogP contribution in [-0.4, -0.2) is 4.98 Å². The number of rotatable bonds is 0. The summed E-state index contributed by atoms with van der Waals surface area (Å²) in [5.74, 6) is 0. The molecular weight excluding hydrogens is 212 g/mol. The van der Waals surface area contributed by atoms with Crippen LogP contribution in [0.25, 0.3) is 21.8 Å². The van der Waals surface area contributed by atoms with E-state index >= 15 is 0 Å². The lowest BCUT2D eigenvalue weighted by molar-refractivity contribution is 1.44. The molecule has 0 atom stereocenters. The van der Waals surface area contributed by atoms with Crippen molar-refractivity contribution in [3.63, 3.8) is 0 Å². The summed E-state index contributed by atoms with van der Waals surface area (Å²) >= 11 is 0. The van der Waals surface area contributed by atoms with Gasteiger partial charge in [0.25, 0.3) is 0 Å². The topological polar surface area (TPSA) is 56.6 Å². The van der Waals surface area contributed by atoms with Gasteiger partial charge in [-0.05, 0) is 24.3 Å². The van der Waals surface area contributed by atoms with Gasteiger partial charge in [-0.3, -0.25) is 4.79 Å². The molecule has 1 N–H and O–H groups in total. The summed E-state index contributed by atoms with van der Waals surface area (Å²) in [6.45, 7) is 0. The van der Waals surface area contributed by atoms with Crippen LogP contribution < -0.4 is 5.43 Å². The molecule has 3 rings (SSSR count). The Morgan fingerprint density at radius 2 is 1.76 bits per heavy atom. The molecule has 0 saturated heterocycles. The Kier molecular flexibility index (Phi) is 1.96. The third kappa shape index (κ3) is 1.31. The first-order valence-corrected chi connectivity index (χ1v) is 5.25. The fraction of sp³-hybridized carbons (Fsp3) is 0. The lowest BCUT2D eigenvalue weighted by Crippen LogP contribution is -2.04. The summed E-state index contributed by atoms with van der Waals surface area (Å²) in [6, 6.07) is 14.6. The van der Waals surface area contributed by atoms with Crippen molar-refractivity contribution < 1.29 is 0 Å². The number of pyridine rings is 1. The second kappa shape index (κ2) is 3.46. The van der Waals surface area contributed by atoms with E-state index in [1.54, 1.807) is 24.3 Å². The summed E-state index contributed by atoms with van der Waals surface area (Å²) in [5.41, 5.74) is 1.82. The number of benzene rings is 2. The van der Waals surface area contributed by atoms with Crippen LogP contribution in [0.3, 0.4) is 0 Å². The Labute approximate surface area is 96.9 Å². The second-order valence-electron chi connectivity index (χ2n) is 3.84. The van der Waals surface area contributed by atoms with Crippen molar-refractivity contribution in [3.05, 3.63) is 58.3 Å². The molecule has 3 aromatic rings. The normalized spacial score (nSPS) is 10.5. The number of fused-ring (bicyclic) bond motifs is 2. The summed E-state index contributed by atoms with van der Waals surface area (Å²) < 4.78 is 0. The number of para-hydroxylation sites is 2. The quantitative estimate of drug-likeness (QED) is 0.592. The van der Waals surface area contributed by atoms with Gasteiger partial charge < -0.3 is 4.98 Å². The molecule has 0 amide bonds. The zero-order valence-electron chi connectivity index (χ0n) is 8.90. The highest BCUT2D eigenvalue weighted by Crippen LogP contribution is 2.17. The van der Waals surface area contributed by atoms with Gasteiger partial charge in [-0.15, -0.1) is 0 Å². The minimum Gasteiger partial charge on any atom is -0.353 e. The van der Waals surface area contributed by atoms with Crippen LogP contribution in [0.4, 0.5) is 0 Å². The highest BCUT2D eigenvalue weighted by atomic mass is 16.1. The van der Waals surface area contributed by atoms with Crippen LogP contribution in [0.2, 0.25) is 0 Å². The van der Waals surface area contributed by atoms with E-state index in [9.17, 15) is 4.79 Å². The highest BCUT2D eigenvalue weighted by Gasteiger charge is 2.07. The molecule has 0 unspecified atom stereocenters. The van der Waals surface area contributed by atoms with Crippen LogP contribution in [0.15, 0.2) is 47.3 Å². The van der Waals surface area contributed by atoms with Gasteiger partial charge in [-0.25, -0.2) is 0 Å². The third-order valence-electron chi connectivity index (χ3n) is 2.86. The van der Waals surface area contributed by atoms with Gasteiger partial charge in [-0.2, -0.15) is 5.26 Å². The van der Waals surface area contributed by atoms with Crippen molar-refractivity contribution in [2.75, 3.05) is 0 Å². The monoisotopic (exact) mass is 220 g/mol. The van der Waals surface area contributed by atoms with Gasteiger partial charge in [-0.1, -0.05) is 18.2 Å². The van der Waals surface area contributed by atoms with Crippen molar-refractivity contribution >= 4 is 21.8 Å². The lowest BCUT2D eigenvalue weighted by Gasteiger charge is -2.03. The van der Waals surface area contributed by atoms with E-state index in [-0.39, 0.29) is 5.43 Å². The molecule has 1 heterocycles. The first kappa shape index (κ1) is 9.61. The zero-order valence-corrected chi connectivity index (χ0v) is 8.90. The maximum atomic E-state index is 12.2. The van der Waals surface area contributed by atoms with E-state index in [4.69, 9.17) is 5.26 Å². The number of aromatic amines is 1. The molecule has 3 heteroatoms. The van der Waals surface area contributed by atoms with Gasteiger partial charge in [0.05, 0.1) is 11.1 Å². The SMILES string of the molecule is N#Cc1cccc2c(=O)c3ccccc3[nH]c12. The van der Waals surface area contributed by atoms with Crippen LogP contribution >= 0.6 is 0 Å². The number of H-pyrrole nitrogens is 1. The second-order valence-corrected chi connectivity index (χ2v) is 3.84. The number of hydrogen-bond donors (Lipinski definition) is 1. The standard InChI is InChI=1S/C14H8N2O/c15-8-9-4-3-6-11-13(9)16-12-7-2-1-5-10(12)14(11)17/h1-7H,(H,16,17). The number of nitriles is 1. The van der Waals surface area contributed by atoms with Crippen molar-refractivity contribution in [1.29, 1.82) is 5.26 Å². The fourth-order valence-electron chi connectivity index (χ4n) is 2.04. The van der Waals surface area contributed by atoms with Crippen molar-refractivity contribution in [2.45, 2.75) is 0 Å². The Hall–Kier alpha value is -2.60. The summed E-state index contributed by atoms with van der Waals surface area (Å²) in [6.07, 6.45) is 0. The Morgan fingerprint density at radius 3 is 2.59 bits per heavy atom. The van der Waals surface area contributed by atoms with Gasteiger partial charge in [0, 0.05) is 16.3 Å². The maximum absolute atomic E-state index is 12.2. The summed E-state index contributed by atoms with van der Waals surface area (Å²) in [7, 11) is 0. The van der Waals surface area contributed by atoms with Gasteiger partial charge in [0.1, 0.15) is 6.07 Å². The maximum Gasteiger partial charge on any atom is 0.197 e. The molecule has 0 saturated carbocycles. The molecule has 3 nitrogen and oxygen atoms in total. The van der Waals surface area contributed by atoms with Crippen molar-refractivity contribution in [3.8, 4) is 6.07 Å². The largest absolute Gasteiger partial charge is 0.353 e. The van der Waals surface area contributed by atoms with Gasteiger partial charge in [0.15, 0.2) is 5.43 Å². The molecule has 2 aromatic carbocycles. The van der Waals surface area contributed by atoms with Crippen LogP contribution in [0, 0.1) is 11.3 Å². The predicted molar refractivity (Wildman–Crippen MR) is 66.8 cm³/mol.